The number of nitrogen functional groups attached to an aromatic ring is 1. The third-order valence-corrected chi connectivity index (χ3v) is 1.68. The number of rotatable bonds is 5. The summed E-state index contributed by atoms with van der Waals surface area (Å²) in [6.45, 7) is 2.28. The minimum absolute atomic E-state index is 0.0103. The summed E-state index contributed by atoms with van der Waals surface area (Å²) < 4.78 is 1.29. The highest BCUT2D eigenvalue weighted by molar-refractivity contribution is 5.84. The van der Waals surface area contributed by atoms with Crippen LogP contribution in [0.25, 0.3) is 0 Å². The van der Waals surface area contributed by atoms with Crippen molar-refractivity contribution >= 4 is 17.8 Å². The standard InChI is InChI=1S/C8H14N6O2/c1-2-10-6(15)3-11-7(16)4-14-5-12-8(9)13-14/h5H,2-4H2,1H3,(H2,9,13)(H,10,15)(H,11,16). The molecule has 8 heteroatoms. The van der Waals surface area contributed by atoms with Gasteiger partial charge in [0, 0.05) is 6.54 Å². The van der Waals surface area contributed by atoms with Gasteiger partial charge < -0.3 is 16.4 Å². The lowest BCUT2D eigenvalue weighted by Gasteiger charge is -2.04. The first-order valence-electron chi connectivity index (χ1n) is 4.80. The number of amides is 2. The van der Waals surface area contributed by atoms with Crippen LogP contribution in [0.3, 0.4) is 0 Å². The molecule has 1 aromatic heterocycles. The van der Waals surface area contributed by atoms with Crippen LogP contribution in [0.1, 0.15) is 6.92 Å². The SMILES string of the molecule is CCNC(=O)CNC(=O)Cn1cnc(N)n1. The van der Waals surface area contributed by atoms with Crippen molar-refractivity contribution in [1.29, 1.82) is 0 Å². The summed E-state index contributed by atoms with van der Waals surface area (Å²) in [5, 5.41) is 8.74. The van der Waals surface area contributed by atoms with Gasteiger partial charge in [0.25, 0.3) is 0 Å². The Morgan fingerprint density at radius 3 is 2.75 bits per heavy atom. The minimum Gasteiger partial charge on any atom is -0.367 e. The lowest BCUT2D eigenvalue weighted by molar-refractivity contribution is -0.126. The van der Waals surface area contributed by atoms with Gasteiger partial charge in [0.15, 0.2) is 0 Å². The first-order chi connectivity index (χ1) is 7.61. The molecule has 4 N–H and O–H groups in total. The molecule has 0 saturated heterocycles. The summed E-state index contributed by atoms with van der Waals surface area (Å²) in [6, 6.07) is 0. The molecule has 2 amide bonds. The maximum Gasteiger partial charge on any atom is 0.242 e. The predicted octanol–water partition coefficient (Wildman–Crippen LogP) is -1.89. The van der Waals surface area contributed by atoms with Gasteiger partial charge in [0.2, 0.25) is 17.8 Å². The number of carbonyl (C=O) groups is 2. The molecule has 1 heterocycles. The molecule has 1 aromatic rings. The molecule has 0 radical (unpaired) electrons. The Kier molecular flexibility index (Phi) is 4.25. The molecule has 0 fully saturated rings. The molecule has 0 aliphatic heterocycles. The van der Waals surface area contributed by atoms with Crippen LogP contribution in [-0.4, -0.2) is 39.7 Å². The summed E-state index contributed by atoms with van der Waals surface area (Å²) in [5.41, 5.74) is 5.28. The minimum atomic E-state index is -0.323. The Bertz CT molecular complexity index is 374. The molecule has 0 atom stereocenters. The summed E-state index contributed by atoms with van der Waals surface area (Å²) in [6.07, 6.45) is 1.35. The van der Waals surface area contributed by atoms with E-state index in [1.165, 1.54) is 11.0 Å². The van der Waals surface area contributed by atoms with Crippen molar-refractivity contribution in [3.63, 3.8) is 0 Å². The lowest BCUT2D eigenvalue weighted by atomic mass is 10.5. The van der Waals surface area contributed by atoms with Crippen molar-refractivity contribution < 1.29 is 9.59 Å². The van der Waals surface area contributed by atoms with Crippen molar-refractivity contribution in [2.24, 2.45) is 0 Å². The van der Waals surface area contributed by atoms with E-state index in [9.17, 15) is 9.59 Å². The smallest absolute Gasteiger partial charge is 0.242 e. The topological polar surface area (TPSA) is 115 Å². The zero-order valence-electron chi connectivity index (χ0n) is 8.93. The molecule has 0 aliphatic rings. The predicted molar refractivity (Wildman–Crippen MR) is 56.1 cm³/mol. The van der Waals surface area contributed by atoms with E-state index < -0.39 is 0 Å². The number of hydrogen-bond acceptors (Lipinski definition) is 5. The molecule has 0 unspecified atom stereocenters. The highest BCUT2D eigenvalue weighted by Crippen LogP contribution is 1.88. The Hall–Kier alpha value is -2.12. The number of nitrogens with two attached hydrogens (primary N) is 1. The Balaban J connectivity index is 2.28. The van der Waals surface area contributed by atoms with Gasteiger partial charge in [0.1, 0.15) is 12.9 Å². The van der Waals surface area contributed by atoms with E-state index in [4.69, 9.17) is 5.73 Å². The molecule has 0 spiro atoms. The van der Waals surface area contributed by atoms with Crippen LogP contribution < -0.4 is 16.4 Å². The van der Waals surface area contributed by atoms with Crippen LogP contribution in [0.2, 0.25) is 0 Å². The molecule has 8 nitrogen and oxygen atoms in total. The van der Waals surface area contributed by atoms with Crippen LogP contribution in [0.15, 0.2) is 6.33 Å². The molecule has 16 heavy (non-hydrogen) atoms. The van der Waals surface area contributed by atoms with Crippen LogP contribution in [0, 0.1) is 0 Å². The second kappa shape index (κ2) is 5.69. The number of hydrogen-bond donors (Lipinski definition) is 3. The Morgan fingerprint density at radius 2 is 2.19 bits per heavy atom. The average molecular weight is 226 g/mol. The number of likely N-dealkylation sites (N-methyl/N-ethyl adjacent to an activating group) is 1. The number of aromatic nitrogens is 3. The molecular formula is C8H14N6O2. The maximum absolute atomic E-state index is 11.3. The Morgan fingerprint density at radius 1 is 1.44 bits per heavy atom. The second-order valence-electron chi connectivity index (χ2n) is 3.03. The second-order valence-corrected chi connectivity index (χ2v) is 3.03. The Labute approximate surface area is 92.2 Å². The zero-order valence-corrected chi connectivity index (χ0v) is 8.93. The van der Waals surface area contributed by atoms with E-state index in [0.717, 1.165) is 0 Å². The fraction of sp³-hybridized carbons (Fsp3) is 0.500. The van der Waals surface area contributed by atoms with Crippen LogP contribution in [-0.2, 0) is 16.1 Å². The van der Waals surface area contributed by atoms with E-state index in [-0.39, 0.29) is 30.9 Å². The zero-order chi connectivity index (χ0) is 12.0. The first-order valence-corrected chi connectivity index (χ1v) is 4.80. The highest BCUT2D eigenvalue weighted by atomic mass is 16.2. The van der Waals surface area contributed by atoms with Gasteiger partial charge in [-0.1, -0.05) is 0 Å². The van der Waals surface area contributed by atoms with Crippen LogP contribution >= 0.6 is 0 Å². The summed E-state index contributed by atoms with van der Waals surface area (Å²) in [5.74, 6) is -0.443. The maximum atomic E-state index is 11.3. The third-order valence-electron chi connectivity index (χ3n) is 1.68. The largest absolute Gasteiger partial charge is 0.367 e. The average Bonchev–Trinajstić information content (AvgIpc) is 2.61. The molecule has 0 aromatic carbocycles. The van der Waals surface area contributed by atoms with E-state index in [1.807, 2.05) is 0 Å². The highest BCUT2D eigenvalue weighted by Gasteiger charge is 2.06. The lowest BCUT2D eigenvalue weighted by Crippen LogP contribution is -2.38. The van der Waals surface area contributed by atoms with E-state index >= 15 is 0 Å². The summed E-state index contributed by atoms with van der Waals surface area (Å²) in [4.78, 5) is 26.0. The molecule has 0 bridgehead atoms. The monoisotopic (exact) mass is 226 g/mol. The first kappa shape index (κ1) is 12.0. The molecule has 88 valence electrons. The van der Waals surface area contributed by atoms with Crippen molar-refractivity contribution in [2.45, 2.75) is 13.5 Å². The normalized spacial score (nSPS) is 9.81. The number of carbonyl (C=O) groups excluding carboxylic acids is 2. The molecular weight excluding hydrogens is 212 g/mol. The van der Waals surface area contributed by atoms with E-state index in [1.54, 1.807) is 6.92 Å². The van der Waals surface area contributed by atoms with Crippen molar-refractivity contribution in [3.05, 3.63) is 6.33 Å². The quantitative estimate of drug-likeness (QED) is 0.543. The van der Waals surface area contributed by atoms with Gasteiger partial charge in [-0.05, 0) is 6.92 Å². The number of nitrogens with one attached hydrogen (secondary N) is 2. The fourth-order valence-corrected chi connectivity index (χ4v) is 1.03. The molecule has 0 aliphatic carbocycles. The van der Waals surface area contributed by atoms with Crippen molar-refractivity contribution in [3.8, 4) is 0 Å². The van der Waals surface area contributed by atoms with Gasteiger partial charge in [-0.25, -0.2) is 9.67 Å². The van der Waals surface area contributed by atoms with Crippen LogP contribution in [0.5, 0.6) is 0 Å². The van der Waals surface area contributed by atoms with Crippen molar-refractivity contribution in [1.82, 2.24) is 25.4 Å². The van der Waals surface area contributed by atoms with Crippen LogP contribution in [0.4, 0.5) is 5.95 Å². The van der Waals surface area contributed by atoms with Gasteiger partial charge in [-0.3, -0.25) is 9.59 Å². The van der Waals surface area contributed by atoms with Crippen molar-refractivity contribution in [2.75, 3.05) is 18.8 Å². The number of anilines is 1. The fourth-order valence-electron chi connectivity index (χ4n) is 1.03. The van der Waals surface area contributed by atoms with Gasteiger partial charge in [0.05, 0.1) is 6.54 Å². The van der Waals surface area contributed by atoms with Gasteiger partial charge in [-0.2, -0.15) is 0 Å². The molecule has 0 saturated carbocycles. The third kappa shape index (κ3) is 3.95. The van der Waals surface area contributed by atoms with Gasteiger partial charge in [-0.15, -0.1) is 5.10 Å². The van der Waals surface area contributed by atoms with E-state index in [2.05, 4.69) is 20.7 Å². The molecule has 1 rings (SSSR count). The summed E-state index contributed by atoms with van der Waals surface area (Å²) >= 11 is 0. The summed E-state index contributed by atoms with van der Waals surface area (Å²) in [7, 11) is 0. The van der Waals surface area contributed by atoms with Gasteiger partial charge >= 0.3 is 0 Å². The van der Waals surface area contributed by atoms with E-state index in [0.29, 0.717) is 6.54 Å². The number of nitrogens with zero attached hydrogens (tertiary/aromatic N) is 3.